The number of ether oxygens (including phenoxy) is 2. The van der Waals surface area contributed by atoms with E-state index in [2.05, 4.69) is 61.3 Å². The maximum absolute atomic E-state index is 11.4. The average molecular weight is 638 g/mol. The summed E-state index contributed by atoms with van der Waals surface area (Å²) in [6, 6.07) is 17.8. The van der Waals surface area contributed by atoms with E-state index >= 15 is 0 Å². The second-order valence-corrected chi connectivity index (χ2v) is 12.9. The van der Waals surface area contributed by atoms with Gasteiger partial charge >= 0.3 is 0 Å². The molecule has 0 aliphatic carbocycles. The lowest BCUT2D eigenvalue weighted by Gasteiger charge is -2.24. The zero-order valence-corrected chi connectivity index (χ0v) is 26.2. The van der Waals surface area contributed by atoms with Gasteiger partial charge in [0.05, 0.1) is 42.8 Å². The third-order valence-electron chi connectivity index (χ3n) is 7.06. The first-order valence-corrected chi connectivity index (χ1v) is 16.5. The Labute approximate surface area is 262 Å². The van der Waals surface area contributed by atoms with Crippen molar-refractivity contribution >= 4 is 44.6 Å². The number of hydrogen-bond donors (Lipinski definition) is 4. The summed E-state index contributed by atoms with van der Waals surface area (Å²) in [7, 11) is -3.28. The molecule has 6 rings (SSSR count). The molecule has 44 heavy (non-hydrogen) atoms. The van der Waals surface area contributed by atoms with E-state index in [9.17, 15) is 8.42 Å². The monoisotopic (exact) mass is 637 g/mol. The molecule has 4 N–H and O–H groups in total. The molecule has 0 amide bonds. The molecule has 4 heterocycles. The van der Waals surface area contributed by atoms with Crippen LogP contribution in [0.2, 0.25) is 5.02 Å². The second-order valence-electron chi connectivity index (χ2n) is 10.4. The molecule has 11 nitrogen and oxygen atoms in total. The minimum absolute atomic E-state index is 0.0723. The molecular formula is C31H36ClN7O4S. The number of benzene rings is 2. The average Bonchev–Trinajstić information content (AvgIpc) is 3.04. The molecule has 0 spiro atoms. The van der Waals surface area contributed by atoms with Crippen molar-refractivity contribution < 1.29 is 17.9 Å². The molecule has 13 heteroatoms. The van der Waals surface area contributed by atoms with E-state index in [1.165, 1.54) is 23.5 Å². The third-order valence-corrected chi connectivity index (χ3v) is 8.35. The Balaban J connectivity index is 0.000000175. The van der Waals surface area contributed by atoms with E-state index in [1.54, 1.807) is 6.20 Å². The maximum Gasteiger partial charge on any atom is 0.227 e. The van der Waals surface area contributed by atoms with Crippen LogP contribution in [0.5, 0.6) is 0 Å². The zero-order valence-electron chi connectivity index (χ0n) is 24.6. The van der Waals surface area contributed by atoms with Crippen molar-refractivity contribution in [3.05, 3.63) is 94.9 Å². The van der Waals surface area contributed by atoms with E-state index in [1.807, 2.05) is 36.4 Å². The quantitative estimate of drug-likeness (QED) is 0.224. The topological polar surface area (TPSA) is 139 Å². The molecule has 2 aromatic heterocycles. The van der Waals surface area contributed by atoms with Gasteiger partial charge in [0.25, 0.3) is 0 Å². The van der Waals surface area contributed by atoms with Gasteiger partial charge in [-0.05, 0) is 53.9 Å². The summed E-state index contributed by atoms with van der Waals surface area (Å²) in [6.45, 7) is 7.05. The Kier molecular flexibility index (Phi) is 10.7. The number of anilines is 4. The SMILES string of the molecule is CS(=O)(=O)c1cnc(Nc2ccc([C@H]3CNCCO3)cc2)nc1.Cc1cc(C2CNCCO2)ccc1Nc1ccc(Cl)cn1. The summed E-state index contributed by atoms with van der Waals surface area (Å²) < 4.78 is 34.2. The van der Waals surface area contributed by atoms with Crippen LogP contribution >= 0.6 is 11.6 Å². The molecule has 4 aromatic rings. The normalized spacial score (nSPS) is 18.5. The van der Waals surface area contributed by atoms with E-state index in [0.717, 1.165) is 61.8 Å². The van der Waals surface area contributed by atoms with Crippen molar-refractivity contribution in [2.75, 3.05) is 56.3 Å². The van der Waals surface area contributed by atoms with Crippen LogP contribution in [-0.2, 0) is 19.3 Å². The summed E-state index contributed by atoms with van der Waals surface area (Å²) in [5.74, 6) is 1.13. The van der Waals surface area contributed by atoms with Crippen LogP contribution in [0.3, 0.4) is 0 Å². The van der Waals surface area contributed by atoms with Crippen molar-refractivity contribution in [3.63, 3.8) is 0 Å². The summed E-state index contributed by atoms with van der Waals surface area (Å²) in [5, 5.41) is 13.6. The van der Waals surface area contributed by atoms with Gasteiger partial charge in [0.2, 0.25) is 5.95 Å². The fraction of sp³-hybridized carbons (Fsp3) is 0.323. The number of rotatable bonds is 7. The summed E-state index contributed by atoms with van der Waals surface area (Å²) in [6.07, 6.45) is 5.55. The summed E-state index contributed by atoms with van der Waals surface area (Å²) in [5.41, 5.74) is 5.34. The molecule has 0 radical (unpaired) electrons. The first-order valence-electron chi connectivity index (χ1n) is 14.3. The number of aromatic nitrogens is 3. The van der Waals surface area contributed by atoms with Crippen LogP contribution < -0.4 is 21.3 Å². The second kappa shape index (κ2) is 14.9. The van der Waals surface area contributed by atoms with Gasteiger partial charge in [-0.3, -0.25) is 0 Å². The van der Waals surface area contributed by atoms with E-state index in [-0.39, 0.29) is 17.1 Å². The predicted octanol–water partition coefficient (Wildman–Crippen LogP) is 4.73. The minimum Gasteiger partial charge on any atom is -0.371 e. The van der Waals surface area contributed by atoms with Gasteiger partial charge in [-0.1, -0.05) is 35.9 Å². The Morgan fingerprint density at radius 3 is 2.00 bits per heavy atom. The van der Waals surface area contributed by atoms with Crippen LogP contribution in [0.1, 0.15) is 28.9 Å². The van der Waals surface area contributed by atoms with Crippen LogP contribution in [-0.4, -0.2) is 69.0 Å². The van der Waals surface area contributed by atoms with Crippen LogP contribution in [0.25, 0.3) is 0 Å². The van der Waals surface area contributed by atoms with Gasteiger partial charge in [0.15, 0.2) is 9.84 Å². The molecule has 2 atom stereocenters. The first kappa shape index (κ1) is 31.8. The van der Waals surface area contributed by atoms with Gasteiger partial charge in [-0.2, -0.15) is 0 Å². The number of nitrogens with one attached hydrogen (secondary N) is 4. The molecular weight excluding hydrogens is 602 g/mol. The highest BCUT2D eigenvalue weighted by molar-refractivity contribution is 7.90. The predicted molar refractivity (Wildman–Crippen MR) is 172 cm³/mol. The van der Waals surface area contributed by atoms with Gasteiger partial charge in [-0.25, -0.2) is 23.4 Å². The van der Waals surface area contributed by atoms with E-state index in [4.69, 9.17) is 21.1 Å². The highest BCUT2D eigenvalue weighted by Crippen LogP contribution is 2.26. The Morgan fingerprint density at radius 2 is 1.45 bits per heavy atom. The van der Waals surface area contributed by atoms with Crippen LogP contribution in [0, 0.1) is 6.92 Å². The minimum atomic E-state index is -3.28. The van der Waals surface area contributed by atoms with Crippen LogP contribution in [0.15, 0.2) is 78.1 Å². The van der Waals surface area contributed by atoms with Crippen molar-refractivity contribution in [2.45, 2.75) is 24.0 Å². The summed E-state index contributed by atoms with van der Waals surface area (Å²) >= 11 is 5.84. The first-order chi connectivity index (χ1) is 21.2. The molecule has 232 valence electrons. The Bertz CT molecular complexity index is 1610. The number of morpholine rings is 2. The molecule has 2 aromatic carbocycles. The molecule has 2 aliphatic rings. The Hall–Kier alpha value is -3.65. The molecule has 2 aliphatic heterocycles. The lowest BCUT2D eigenvalue weighted by molar-refractivity contribution is 0.0276. The number of aryl methyl sites for hydroxylation is 1. The van der Waals surface area contributed by atoms with Crippen molar-refractivity contribution in [2.24, 2.45) is 0 Å². The third kappa shape index (κ3) is 8.94. The van der Waals surface area contributed by atoms with Gasteiger partial charge < -0.3 is 30.7 Å². The van der Waals surface area contributed by atoms with Crippen molar-refractivity contribution in [1.29, 1.82) is 0 Å². The van der Waals surface area contributed by atoms with Gasteiger partial charge in [0, 0.05) is 50.0 Å². The summed E-state index contributed by atoms with van der Waals surface area (Å²) in [4.78, 5) is 12.4. The molecule has 0 saturated carbocycles. The lowest BCUT2D eigenvalue weighted by Crippen LogP contribution is -2.33. The van der Waals surface area contributed by atoms with Crippen molar-refractivity contribution in [3.8, 4) is 0 Å². The fourth-order valence-corrected chi connectivity index (χ4v) is 5.26. The number of sulfone groups is 1. The smallest absolute Gasteiger partial charge is 0.227 e. The zero-order chi connectivity index (χ0) is 30.9. The Morgan fingerprint density at radius 1 is 0.818 bits per heavy atom. The molecule has 0 bridgehead atoms. The molecule has 2 saturated heterocycles. The van der Waals surface area contributed by atoms with Crippen molar-refractivity contribution in [1.82, 2.24) is 25.6 Å². The molecule has 2 fully saturated rings. The van der Waals surface area contributed by atoms with E-state index < -0.39 is 9.84 Å². The standard InChI is InChI=1S/C16H18ClN3O.C15H18N4O3S/c1-11-8-12(15-10-18-6-7-21-15)2-4-14(11)20-16-5-3-13(17)9-19-16;1-23(20,21)13-8-17-15(18-9-13)19-12-4-2-11(3-5-12)14-10-16-6-7-22-14/h2-5,8-9,15,18H,6-7,10H2,1H3,(H,19,20);2-5,8-9,14,16H,6-7,10H2,1H3,(H,17,18,19)/t;14-/m.1/s1. The number of halogens is 1. The number of pyridine rings is 1. The number of nitrogens with zero attached hydrogens (tertiary/aromatic N) is 3. The largest absolute Gasteiger partial charge is 0.371 e. The van der Waals surface area contributed by atoms with E-state index in [0.29, 0.717) is 17.6 Å². The van der Waals surface area contributed by atoms with Crippen LogP contribution in [0.4, 0.5) is 23.1 Å². The van der Waals surface area contributed by atoms with Gasteiger partial charge in [-0.15, -0.1) is 0 Å². The highest BCUT2D eigenvalue weighted by atomic mass is 35.5. The van der Waals surface area contributed by atoms with Gasteiger partial charge in [0.1, 0.15) is 10.7 Å². The number of hydrogen-bond acceptors (Lipinski definition) is 11. The molecule has 1 unspecified atom stereocenters. The fourth-order valence-electron chi connectivity index (χ4n) is 4.66. The highest BCUT2D eigenvalue weighted by Gasteiger charge is 2.17. The lowest BCUT2D eigenvalue weighted by atomic mass is 10.0. The maximum atomic E-state index is 11.4.